The highest BCUT2D eigenvalue weighted by atomic mass is 32.2. The number of carbonyl (C=O) groups is 2. The van der Waals surface area contributed by atoms with Crippen LogP contribution in [-0.2, 0) is 16.1 Å². The third-order valence-corrected chi connectivity index (χ3v) is 5.81. The quantitative estimate of drug-likeness (QED) is 0.610. The fraction of sp³-hybridized carbons (Fsp3) is 0.391. The minimum atomic E-state index is -0.625. The molecule has 0 radical (unpaired) electrons. The number of carbonyl (C=O) groups excluding carboxylic acids is 2. The van der Waals surface area contributed by atoms with Gasteiger partial charge in [-0.15, -0.1) is 11.8 Å². The summed E-state index contributed by atoms with van der Waals surface area (Å²) >= 11 is 1.44. The third kappa shape index (κ3) is 7.20. The molecular weight excluding hydrogens is 387 g/mol. The predicted molar refractivity (Wildman–Crippen MR) is 116 cm³/mol. The average Bonchev–Trinajstić information content (AvgIpc) is 2.72. The first kappa shape index (κ1) is 22.9. The predicted octanol–water partition coefficient (Wildman–Crippen LogP) is 4.56. The Labute approximate surface area is 176 Å². The second kappa shape index (κ2) is 11.0. The summed E-state index contributed by atoms with van der Waals surface area (Å²) in [5.74, 6) is -0.420. The standard InChI is InChI=1S/C23H29FN2O2S/c1-5-17(3)25-23(28)18(4)26(14-19-8-10-20(24)11-9-19)22(27)15-29-21-12-6-16(2)7-13-21/h6-13,17-18H,5,14-15H2,1-4H3,(H,25,28)/t17-,18-/m1/s1. The Morgan fingerprint density at radius 1 is 1.07 bits per heavy atom. The van der Waals surface area contributed by atoms with Gasteiger partial charge < -0.3 is 10.2 Å². The summed E-state index contributed by atoms with van der Waals surface area (Å²) in [4.78, 5) is 28.2. The number of rotatable bonds is 9. The van der Waals surface area contributed by atoms with Crippen molar-refractivity contribution in [3.63, 3.8) is 0 Å². The summed E-state index contributed by atoms with van der Waals surface area (Å²) in [5.41, 5.74) is 1.94. The minimum Gasteiger partial charge on any atom is -0.352 e. The van der Waals surface area contributed by atoms with Gasteiger partial charge in [-0.05, 0) is 57.0 Å². The van der Waals surface area contributed by atoms with Gasteiger partial charge in [0, 0.05) is 17.5 Å². The number of amides is 2. The van der Waals surface area contributed by atoms with E-state index in [-0.39, 0.29) is 36.0 Å². The van der Waals surface area contributed by atoms with Gasteiger partial charge in [0.1, 0.15) is 11.9 Å². The van der Waals surface area contributed by atoms with Crippen LogP contribution in [0, 0.1) is 12.7 Å². The van der Waals surface area contributed by atoms with E-state index < -0.39 is 6.04 Å². The first-order valence-corrected chi connectivity index (χ1v) is 10.8. The van der Waals surface area contributed by atoms with Crippen molar-refractivity contribution in [1.82, 2.24) is 10.2 Å². The molecule has 156 valence electrons. The lowest BCUT2D eigenvalue weighted by Gasteiger charge is -2.29. The fourth-order valence-corrected chi connectivity index (χ4v) is 3.48. The zero-order valence-corrected chi connectivity index (χ0v) is 18.3. The molecule has 0 aliphatic rings. The molecule has 0 aromatic heterocycles. The molecule has 0 saturated heterocycles. The van der Waals surface area contributed by atoms with Crippen molar-refractivity contribution < 1.29 is 14.0 Å². The topological polar surface area (TPSA) is 49.4 Å². The SMILES string of the molecule is CC[C@@H](C)NC(=O)[C@@H](C)N(Cc1ccc(F)cc1)C(=O)CSc1ccc(C)cc1. The lowest BCUT2D eigenvalue weighted by Crippen LogP contribution is -2.50. The highest BCUT2D eigenvalue weighted by Crippen LogP contribution is 2.20. The van der Waals surface area contributed by atoms with E-state index in [2.05, 4.69) is 5.32 Å². The number of aryl methyl sites for hydroxylation is 1. The summed E-state index contributed by atoms with van der Waals surface area (Å²) in [7, 11) is 0. The normalized spacial score (nSPS) is 12.9. The summed E-state index contributed by atoms with van der Waals surface area (Å²) in [6.07, 6.45) is 0.813. The monoisotopic (exact) mass is 416 g/mol. The first-order chi connectivity index (χ1) is 13.8. The second-order valence-corrected chi connectivity index (χ2v) is 8.29. The number of hydrogen-bond acceptors (Lipinski definition) is 3. The lowest BCUT2D eigenvalue weighted by atomic mass is 10.1. The molecule has 0 unspecified atom stereocenters. The van der Waals surface area contributed by atoms with Crippen LogP contribution in [-0.4, -0.2) is 34.6 Å². The molecule has 0 aliphatic heterocycles. The number of nitrogens with one attached hydrogen (secondary N) is 1. The number of nitrogens with zero attached hydrogens (tertiary/aromatic N) is 1. The van der Waals surface area contributed by atoms with Crippen LogP contribution in [0.4, 0.5) is 4.39 Å². The van der Waals surface area contributed by atoms with E-state index in [0.717, 1.165) is 22.4 Å². The van der Waals surface area contributed by atoms with E-state index >= 15 is 0 Å². The summed E-state index contributed by atoms with van der Waals surface area (Å²) in [6.45, 7) is 7.93. The molecule has 2 aromatic rings. The van der Waals surface area contributed by atoms with Crippen LogP contribution in [0.15, 0.2) is 53.4 Å². The van der Waals surface area contributed by atoms with Crippen molar-refractivity contribution in [2.24, 2.45) is 0 Å². The Morgan fingerprint density at radius 3 is 2.28 bits per heavy atom. The van der Waals surface area contributed by atoms with Crippen molar-refractivity contribution in [2.45, 2.75) is 57.6 Å². The Bertz CT molecular complexity index is 809. The summed E-state index contributed by atoms with van der Waals surface area (Å²) in [5, 5.41) is 2.94. The molecular formula is C23H29FN2O2S. The van der Waals surface area contributed by atoms with Gasteiger partial charge in [-0.25, -0.2) is 4.39 Å². The molecule has 0 fully saturated rings. The molecule has 0 heterocycles. The molecule has 0 bridgehead atoms. The van der Waals surface area contributed by atoms with E-state index in [1.165, 1.54) is 23.9 Å². The molecule has 2 rings (SSSR count). The fourth-order valence-electron chi connectivity index (χ4n) is 2.70. The van der Waals surface area contributed by atoms with Gasteiger partial charge in [-0.1, -0.05) is 36.8 Å². The zero-order valence-electron chi connectivity index (χ0n) is 17.4. The Balaban J connectivity index is 2.13. The van der Waals surface area contributed by atoms with Gasteiger partial charge in [-0.2, -0.15) is 0 Å². The van der Waals surface area contributed by atoms with Gasteiger partial charge >= 0.3 is 0 Å². The number of hydrogen-bond donors (Lipinski definition) is 1. The summed E-state index contributed by atoms with van der Waals surface area (Å²) in [6, 6.07) is 13.4. The van der Waals surface area contributed by atoms with Crippen LogP contribution >= 0.6 is 11.8 Å². The van der Waals surface area contributed by atoms with Crippen molar-refractivity contribution in [3.8, 4) is 0 Å². The van der Waals surface area contributed by atoms with Gasteiger partial charge in [0.05, 0.1) is 5.75 Å². The van der Waals surface area contributed by atoms with E-state index in [9.17, 15) is 14.0 Å². The molecule has 29 heavy (non-hydrogen) atoms. The molecule has 6 heteroatoms. The van der Waals surface area contributed by atoms with Crippen LogP contribution < -0.4 is 5.32 Å². The highest BCUT2D eigenvalue weighted by molar-refractivity contribution is 8.00. The molecule has 2 amide bonds. The van der Waals surface area contributed by atoms with Crippen LogP contribution in [0.1, 0.15) is 38.3 Å². The van der Waals surface area contributed by atoms with Gasteiger partial charge in [0.2, 0.25) is 11.8 Å². The number of thioether (sulfide) groups is 1. The largest absolute Gasteiger partial charge is 0.352 e. The minimum absolute atomic E-state index is 0.0367. The van der Waals surface area contributed by atoms with Gasteiger partial charge in [-0.3, -0.25) is 9.59 Å². The Morgan fingerprint density at radius 2 is 1.69 bits per heavy atom. The number of benzene rings is 2. The van der Waals surface area contributed by atoms with E-state index in [1.807, 2.05) is 45.0 Å². The second-order valence-electron chi connectivity index (χ2n) is 7.24. The van der Waals surface area contributed by atoms with Crippen molar-refractivity contribution >= 4 is 23.6 Å². The average molecular weight is 417 g/mol. The maximum atomic E-state index is 13.2. The highest BCUT2D eigenvalue weighted by Gasteiger charge is 2.26. The Hall–Kier alpha value is -2.34. The molecule has 2 aromatic carbocycles. The van der Waals surface area contributed by atoms with E-state index in [1.54, 1.807) is 24.0 Å². The lowest BCUT2D eigenvalue weighted by molar-refractivity contribution is -0.138. The number of halogens is 1. The molecule has 4 nitrogen and oxygen atoms in total. The van der Waals surface area contributed by atoms with Crippen LogP contribution in [0.3, 0.4) is 0 Å². The molecule has 0 spiro atoms. The first-order valence-electron chi connectivity index (χ1n) is 9.84. The third-order valence-electron chi connectivity index (χ3n) is 4.82. The van der Waals surface area contributed by atoms with Crippen LogP contribution in [0.25, 0.3) is 0 Å². The molecule has 0 saturated carbocycles. The molecule has 2 atom stereocenters. The van der Waals surface area contributed by atoms with Crippen LogP contribution in [0.2, 0.25) is 0 Å². The summed E-state index contributed by atoms with van der Waals surface area (Å²) < 4.78 is 13.2. The van der Waals surface area contributed by atoms with Crippen molar-refractivity contribution in [1.29, 1.82) is 0 Å². The van der Waals surface area contributed by atoms with Gasteiger partial charge in [0.15, 0.2) is 0 Å². The van der Waals surface area contributed by atoms with Crippen molar-refractivity contribution in [3.05, 3.63) is 65.5 Å². The zero-order chi connectivity index (χ0) is 21.4. The molecule has 0 aliphatic carbocycles. The van der Waals surface area contributed by atoms with Crippen LogP contribution in [0.5, 0.6) is 0 Å². The smallest absolute Gasteiger partial charge is 0.242 e. The maximum absolute atomic E-state index is 13.2. The van der Waals surface area contributed by atoms with E-state index in [0.29, 0.717) is 0 Å². The van der Waals surface area contributed by atoms with E-state index in [4.69, 9.17) is 0 Å². The Kier molecular flexibility index (Phi) is 8.70. The maximum Gasteiger partial charge on any atom is 0.242 e. The van der Waals surface area contributed by atoms with Crippen molar-refractivity contribution in [2.75, 3.05) is 5.75 Å². The van der Waals surface area contributed by atoms with Gasteiger partial charge in [0.25, 0.3) is 0 Å². The molecule has 1 N–H and O–H groups in total.